The second kappa shape index (κ2) is 4.13. The van der Waals surface area contributed by atoms with Crippen molar-refractivity contribution in [1.82, 2.24) is 0 Å². The summed E-state index contributed by atoms with van der Waals surface area (Å²) in [4.78, 5) is 24.8. The van der Waals surface area contributed by atoms with Gasteiger partial charge in [0.05, 0.1) is 17.4 Å². The lowest BCUT2D eigenvalue weighted by molar-refractivity contribution is -0.155. The largest absolute Gasteiger partial charge is 0.481 e. The first kappa shape index (κ1) is 14.7. The van der Waals surface area contributed by atoms with E-state index in [0.717, 1.165) is 11.1 Å². The van der Waals surface area contributed by atoms with Gasteiger partial charge in [0.15, 0.2) is 0 Å². The van der Waals surface area contributed by atoms with E-state index >= 15 is 0 Å². The highest BCUT2D eigenvalue weighted by Crippen LogP contribution is 2.73. The van der Waals surface area contributed by atoms with Gasteiger partial charge in [0.25, 0.3) is 0 Å². The molecule has 5 aliphatic rings. The molecule has 1 spiro atoms. The number of carboxylic acid groups (broad SMARTS) is 1. The van der Waals surface area contributed by atoms with E-state index in [2.05, 4.69) is 6.58 Å². The van der Waals surface area contributed by atoms with Gasteiger partial charge in [0.2, 0.25) is 0 Å². The number of allylic oxidation sites excluding steroid dienone is 1. The third kappa shape index (κ3) is 1.42. The zero-order chi connectivity index (χ0) is 17.0. The zero-order valence-electron chi connectivity index (χ0n) is 13.7. The van der Waals surface area contributed by atoms with E-state index in [1.165, 1.54) is 0 Å². The molecule has 2 N–H and O–H groups in total. The Kier molecular flexibility index (Phi) is 2.53. The molecule has 8 atom stereocenters. The number of esters is 1. The van der Waals surface area contributed by atoms with Crippen LogP contribution in [0.4, 0.5) is 0 Å². The molecule has 5 nitrogen and oxygen atoms in total. The number of ether oxygens (including phenoxy) is 1. The highest BCUT2D eigenvalue weighted by molar-refractivity contribution is 5.84. The van der Waals surface area contributed by atoms with Gasteiger partial charge < -0.3 is 14.9 Å². The second-order valence-electron chi connectivity index (χ2n) is 8.76. The van der Waals surface area contributed by atoms with E-state index in [4.69, 9.17) is 4.74 Å². The third-order valence-electron chi connectivity index (χ3n) is 7.71. The average molecular weight is 330 g/mol. The number of carbonyl (C=O) groups is 2. The Morgan fingerprint density at radius 2 is 2.17 bits per heavy atom. The van der Waals surface area contributed by atoms with Gasteiger partial charge >= 0.3 is 11.9 Å². The summed E-state index contributed by atoms with van der Waals surface area (Å²) < 4.78 is 5.47. The van der Waals surface area contributed by atoms with Crippen LogP contribution in [0.1, 0.15) is 32.6 Å². The van der Waals surface area contributed by atoms with Crippen molar-refractivity contribution in [3.63, 3.8) is 0 Å². The summed E-state index contributed by atoms with van der Waals surface area (Å²) in [6, 6.07) is 0. The molecule has 0 aromatic carbocycles. The lowest BCUT2D eigenvalue weighted by atomic mass is 9.62. The van der Waals surface area contributed by atoms with Crippen LogP contribution in [0.25, 0.3) is 0 Å². The Morgan fingerprint density at radius 3 is 2.88 bits per heavy atom. The zero-order valence-corrected chi connectivity index (χ0v) is 13.7. The van der Waals surface area contributed by atoms with Crippen molar-refractivity contribution < 1.29 is 24.5 Å². The standard InChI is InChI=1S/C19H22O5/c1-8-5-19-7-11(8)13(20)4-12(19)10-3-9-6-18(2,17(23)24-9)14(10)15(19)16(21)22/h3,9,11-15,20H,1,4-7H2,2H3,(H,21,22)/t9-,11-,12+,13-,14-,15-,18-,19+/m1/s1. The van der Waals surface area contributed by atoms with E-state index in [9.17, 15) is 19.8 Å². The van der Waals surface area contributed by atoms with Crippen molar-refractivity contribution in [3.05, 3.63) is 23.8 Å². The lowest BCUT2D eigenvalue weighted by Crippen LogP contribution is -2.44. The Hall–Kier alpha value is -1.62. The van der Waals surface area contributed by atoms with Crippen LogP contribution in [0.15, 0.2) is 23.8 Å². The van der Waals surface area contributed by atoms with Crippen molar-refractivity contribution in [2.24, 2.45) is 34.5 Å². The Labute approximate surface area is 140 Å². The molecule has 24 heavy (non-hydrogen) atoms. The van der Waals surface area contributed by atoms with Gasteiger partial charge in [-0.1, -0.05) is 17.7 Å². The van der Waals surface area contributed by atoms with Crippen LogP contribution in [0.5, 0.6) is 0 Å². The normalized spacial score (nSPS) is 54.2. The van der Waals surface area contributed by atoms with Crippen molar-refractivity contribution >= 4 is 11.9 Å². The third-order valence-corrected chi connectivity index (χ3v) is 7.71. The molecule has 5 heteroatoms. The molecule has 5 rings (SSSR count). The first-order valence-electron chi connectivity index (χ1n) is 8.79. The van der Waals surface area contributed by atoms with E-state index < -0.39 is 28.8 Å². The molecule has 4 fully saturated rings. The quantitative estimate of drug-likeness (QED) is 0.567. The molecule has 0 amide bonds. The van der Waals surface area contributed by atoms with Crippen LogP contribution < -0.4 is 0 Å². The first-order valence-corrected chi connectivity index (χ1v) is 8.79. The minimum atomic E-state index is -0.822. The maximum absolute atomic E-state index is 12.5. The smallest absolute Gasteiger partial charge is 0.313 e. The Bertz CT molecular complexity index is 723. The molecule has 0 unspecified atom stereocenters. The summed E-state index contributed by atoms with van der Waals surface area (Å²) in [5.41, 5.74) is 0.887. The fourth-order valence-corrected chi connectivity index (χ4v) is 6.88. The molecule has 1 aliphatic heterocycles. The van der Waals surface area contributed by atoms with Crippen molar-refractivity contribution in [3.8, 4) is 0 Å². The first-order chi connectivity index (χ1) is 11.3. The molecule has 0 aromatic rings. The molecule has 4 bridgehead atoms. The summed E-state index contributed by atoms with van der Waals surface area (Å²) in [6.07, 6.45) is 3.78. The topological polar surface area (TPSA) is 83.8 Å². The average Bonchev–Trinajstić information content (AvgIpc) is 3.03. The number of aliphatic hydroxyl groups is 1. The molecule has 3 saturated carbocycles. The van der Waals surface area contributed by atoms with Crippen LogP contribution >= 0.6 is 0 Å². The number of hydrogen-bond donors (Lipinski definition) is 2. The highest BCUT2D eigenvalue weighted by atomic mass is 16.6. The number of carboxylic acids is 1. The molecule has 1 heterocycles. The number of carbonyl (C=O) groups excluding carboxylic acids is 1. The number of fused-ring (bicyclic) bond motifs is 6. The van der Waals surface area contributed by atoms with Crippen molar-refractivity contribution in [2.75, 3.05) is 0 Å². The predicted molar refractivity (Wildman–Crippen MR) is 83.7 cm³/mol. The highest BCUT2D eigenvalue weighted by Gasteiger charge is 2.72. The van der Waals surface area contributed by atoms with Crippen LogP contribution in [0.2, 0.25) is 0 Å². The fourth-order valence-electron chi connectivity index (χ4n) is 6.88. The molecule has 1 saturated heterocycles. The second-order valence-corrected chi connectivity index (χ2v) is 8.76. The van der Waals surface area contributed by atoms with Gasteiger partial charge in [-0.25, -0.2) is 0 Å². The maximum atomic E-state index is 12.5. The summed E-state index contributed by atoms with van der Waals surface area (Å²) in [5.74, 6) is -1.98. The van der Waals surface area contributed by atoms with E-state index in [1.54, 1.807) is 0 Å². The lowest BCUT2D eigenvalue weighted by Gasteiger charge is -2.41. The van der Waals surface area contributed by atoms with Crippen LogP contribution in [-0.2, 0) is 14.3 Å². The van der Waals surface area contributed by atoms with Gasteiger partial charge in [-0.05, 0) is 43.6 Å². The fraction of sp³-hybridized carbons (Fsp3) is 0.684. The van der Waals surface area contributed by atoms with E-state index in [-0.39, 0.29) is 29.8 Å². The van der Waals surface area contributed by atoms with Crippen LogP contribution in [0, 0.1) is 34.5 Å². The molecule has 128 valence electrons. The minimum absolute atomic E-state index is 0.000739. The van der Waals surface area contributed by atoms with Crippen molar-refractivity contribution in [1.29, 1.82) is 0 Å². The summed E-state index contributed by atoms with van der Waals surface area (Å²) in [7, 11) is 0. The minimum Gasteiger partial charge on any atom is -0.481 e. The van der Waals surface area contributed by atoms with Crippen LogP contribution in [0.3, 0.4) is 0 Å². The summed E-state index contributed by atoms with van der Waals surface area (Å²) >= 11 is 0. The van der Waals surface area contributed by atoms with E-state index in [0.29, 0.717) is 25.7 Å². The molecular weight excluding hydrogens is 308 g/mol. The predicted octanol–water partition coefficient (Wildman–Crippen LogP) is 1.91. The monoisotopic (exact) mass is 330 g/mol. The number of aliphatic carboxylic acids is 1. The Morgan fingerprint density at radius 1 is 1.42 bits per heavy atom. The van der Waals surface area contributed by atoms with Gasteiger partial charge in [-0.2, -0.15) is 0 Å². The number of aliphatic hydroxyl groups excluding tert-OH is 1. The van der Waals surface area contributed by atoms with Crippen molar-refractivity contribution in [2.45, 2.75) is 44.8 Å². The van der Waals surface area contributed by atoms with Gasteiger partial charge in [0, 0.05) is 18.3 Å². The molecule has 0 radical (unpaired) electrons. The SMILES string of the molecule is C=C1C[C@]23C[C@H]1[C@H](O)C[C@H]2C1=C[C@@H]2C[C@@](C)(C(=O)O2)[C@H]1[C@@H]3C(=O)O. The molecule has 4 aliphatic carbocycles. The van der Waals surface area contributed by atoms with Gasteiger partial charge in [-0.3, -0.25) is 9.59 Å². The maximum Gasteiger partial charge on any atom is 0.313 e. The van der Waals surface area contributed by atoms with Crippen LogP contribution in [-0.4, -0.2) is 34.4 Å². The van der Waals surface area contributed by atoms with Gasteiger partial charge in [-0.15, -0.1) is 0 Å². The van der Waals surface area contributed by atoms with E-state index in [1.807, 2.05) is 13.0 Å². The summed E-state index contributed by atoms with van der Waals surface area (Å²) in [6.45, 7) is 6.00. The summed E-state index contributed by atoms with van der Waals surface area (Å²) in [5, 5.41) is 20.7. The number of rotatable bonds is 1. The molecule has 0 aromatic heterocycles. The Balaban J connectivity index is 1.73. The number of hydrogen-bond acceptors (Lipinski definition) is 4. The molecular formula is C19H22O5. The van der Waals surface area contributed by atoms with Gasteiger partial charge in [0.1, 0.15) is 6.10 Å².